The number of carbonyl (C=O) groups is 1. The Bertz CT molecular complexity index is 508. The molecular formula is C17H28N2OS. The van der Waals surface area contributed by atoms with Gasteiger partial charge in [-0.2, -0.15) is 0 Å². The Kier molecular flexibility index (Phi) is 5.18. The normalized spacial score (nSPS) is 17.2. The van der Waals surface area contributed by atoms with E-state index < -0.39 is 0 Å². The van der Waals surface area contributed by atoms with Crippen LogP contribution in [0, 0.1) is 19.3 Å². The van der Waals surface area contributed by atoms with Crippen molar-refractivity contribution in [1.82, 2.24) is 9.55 Å². The maximum absolute atomic E-state index is 12.2. The van der Waals surface area contributed by atoms with Gasteiger partial charge >= 0.3 is 0 Å². The van der Waals surface area contributed by atoms with Crippen LogP contribution in [-0.4, -0.2) is 21.1 Å². The van der Waals surface area contributed by atoms with Gasteiger partial charge in [-0.1, -0.05) is 51.8 Å². The summed E-state index contributed by atoms with van der Waals surface area (Å²) in [5.74, 6) is 0.813. The second-order valence-electron chi connectivity index (χ2n) is 7.19. The zero-order chi connectivity index (χ0) is 15.6. The summed E-state index contributed by atoms with van der Waals surface area (Å²) in [6, 6.07) is 0.576. The molecular weight excluding hydrogens is 280 g/mol. The molecule has 1 saturated carbocycles. The van der Waals surface area contributed by atoms with Crippen molar-refractivity contribution in [3.63, 3.8) is 0 Å². The molecule has 3 nitrogen and oxygen atoms in total. The molecule has 2 rings (SSSR count). The Labute approximate surface area is 132 Å². The number of Topliss-reactive ketones (excluding diaryl/α,β-unsaturated/α-hetero) is 1. The Hall–Kier alpha value is -0.770. The first-order chi connectivity index (χ1) is 9.80. The number of thioether (sulfide) groups is 1. The molecule has 21 heavy (non-hydrogen) atoms. The summed E-state index contributed by atoms with van der Waals surface area (Å²) in [5, 5.41) is 1.04. The molecule has 1 heterocycles. The highest BCUT2D eigenvalue weighted by Crippen LogP contribution is 2.34. The highest BCUT2D eigenvalue weighted by Gasteiger charge is 2.25. The largest absolute Gasteiger partial charge is 0.320 e. The fraction of sp³-hybridized carbons (Fsp3) is 0.765. The van der Waals surface area contributed by atoms with Gasteiger partial charge in [-0.05, 0) is 26.7 Å². The lowest BCUT2D eigenvalue weighted by Gasteiger charge is -2.26. The molecule has 1 aromatic rings. The van der Waals surface area contributed by atoms with Gasteiger partial charge in [0.25, 0.3) is 0 Å². The molecule has 0 atom stereocenters. The lowest BCUT2D eigenvalue weighted by molar-refractivity contribution is -0.123. The molecule has 0 bridgehead atoms. The average molecular weight is 308 g/mol. The Morgan fingerprint density at radius 2 is 1.86 bits per heavy atom. The maximum atomic E-state index is 12.2. The van der Waals surface area contributed by atoms with Crippen molar-refractivity contribution in [2.75, 3.05) is 5.75 Å². The van der Waals surface area contributed by atoms with Crippen LogP contribution in [0.3, 0.4) is 0 Å². The van der Waals surface area contributed by atoms with Crippen molar-refractivity contribution in [3.05, 3.63) is 11.4 Å². The van der Waals surface area contributed by atoms with E-state index in [9.17, 15) is 4.79 Å². The average Bonchev–Trinajstić information content (AvgIpc) is 2.71. The van der Waals surface area contributed by atoms with Crippen molar-refractivity contribution in [1.29, 1.82) is 0 Å². The third-order valence-electron chi connectivity index (χ3n) is 4.46. The van der Waals surface area contributed by atoms with Gasteiger partial charge in [-0.15, -0.1) is 0 Å². The molecule has 0 amide bonds. The van der Waals surface area contributed by atoms with E-state index in [1.54, 1.807) is 11.8 Å². The van der Waals surface area contributed by atoms with Crippen molar-refractivity contribution < 1.29 is 4.79 Å². The summed E-state index contributed by atoms with van der Waals surface area (Å²) >= 11 is 1.61. The second kappa shape index (κ2) is 6.55. The topological polar surface area (TPSA) is 34.9 Å². The van der Waals surface area contributed by atoms with E-state index in [0.717, 1.165) is 10.9 Å². The van der Waals surface area contributed by atoms with E-state index in [1.165, 1.54) is 37.8 Å². The van der Waals surface area contributed by atoms with Crippen LogP contribution in [0.2, 0.25) is 0 Å². The summed E-state index contributed by atoms with van der Waals surface area (Å²) in [5.41, 5.74) is 2.11. The minimum absolute atomic E-state index is 0.265. The molecule has 0 saturated heterocycles. The third kappa shape index (κ3) is 3.91. The van der Waals surface area contributed by atoms with Crippen molar-refractivity contribution >= 4 is 17.5 Å². The number of ketones is 1. The summed E-state index contributed by atoms with van der Waals surface area (Å²) in [6.45, 7) is 10.2. The predicted molar refractivity (Wildman–Crippen MR) is 89.0 cm³/mol. The number of imidazole rings is 1. The molecule has 0 aliphatic heterocycles. The lowest BCUT2D eigenvalue weighted by Crippen LogP contribution is -2.22. The number of rotatable bonds is 4. The zero-order valence-corrected chi connectivity index (χ0v) is 14.8. The fourth-order valence-corrected chi connectivity index (χ4v) is 4.13. The van der Waals surface area contributed by atoms with Crippen LogP contribution < -0.4 is 0 Å². The van der Waals surface area contributed by atoms with Gasteiger partial charge in [-0.3, -0.25) is 4.79 Å². The second-order valence-corrected chi connectivity index (χ2v) is 8.13. The fourth-order valence-electron chi connectivity index (χ4n) is 2.81. The van der Waals surface area contributed by atoms with Crippen LogP contribution >= 0.6 is 11.8 Å². The van der Waals surface area contributed by atoms with Crippen LogP contribution in [0.5, 0.6) is 0 Å². The van der Waals surface area contributed by atoms with E-state index >= 15 is 0 Å². The number of aryl methyl sites for hydroxylation is 1. The van der Waals surface area contributed by atoms with Gasteiger partial charge in [0.15, 0.2) is 5.16 Å². The Morgan fingerprint density at radius 1 is 1.24 bits per heavy atom. The van der Waals surface area contributed by atoms with Crippen LogP contribution in [0.15, 0.2) is 5.16 Å². The highest BCUT2D eigenvalue weighted by atomic mass is 32.2. The monoisotopic (exact) mass is 308 g/mol. The van der Waals surface area contributed by atoms with E-state index in [-0.39, 0.29) is 5.41 Å². The van der Waals surface area contributed by atoms with E-state index in [4.69, 9.17) is 4.98 Å². The first-order valence-electron chi connectivity index (χ1n) is 8.02. The molecule has 1 fully saturated rings. The van der Waals surface area contributed by atoms with Crippen molar-refractivity contribution in [3.8, 4) is 0 Å². The minimum Gasteiger partial charge on any atom is -0.320 e. The van der Waals surface area contributed by atoms with Crippen molar-refractivity contribution in [2.24, 2.45) is 5.41 Å². The van der Waals surface area contributed by atoms with Gasteiger partial charge in [0, 0.05) is 17.2 Å². The molecule has 0 aromatic carbocycles. The minimum atomic E-state index is -0.265. The number of hydrogen-bond donors (Lipinski definition) is 0. The van der Waals surface area contributed by atoms with Crippen LogP contribution in [0.1, 0.15) is 70.3 Å². The van der Waals surface area contributed by atoms with E-state index in [1.807, 2.05) is 20.8 Å². The quantitative estimate of drug-likeness (QED) is 0.755. The standard InChI is InChI=1S/C17H28N2OS/c1-12-13(2)19(14-9-7-6-8-10-14)16(18-12)21-11-15(20)17(3,4)5/h14H,6-11H2,1-5H3. The smallest absolute Gasteiger partial charge is 0.169 e. The molecule has 1 aliphatic carbocycles. The van der Waals surface area contributed by atoms with Gasteiger partial charge < -0.3 is 4.57 Å². The first-order valence-corrected chi connectivity index (χ1v) is 9.01. The maximum Gasteiger partial charge on any atom is 0.169 e. The van der Waals surface area contributed by atoms with E-state index in [0.29, 0.717) is 17.6 Å². The highest BCUT2D eigenvalue weighted by molar-refractivity contribution is 7.99. The lowest BCUT2D eigenvalue weighted by atomic mass is 9.92. The molecule has 1 aliphatic rings. The van der Waals surface area contributed by atoms with Gasteiger partial charge in [-0.25, -0.2) is 4.98 Å². The third-order valence-corrected chi connectivity index (χ3v) is 5.42. The van der Waals surface area contributed by atoms with Gasteiger partial charge in [0.2, 0.25) is 0 Å². The first kappa shape index (κ1) is 16.6. The molecule has 0 unspecified atom stereocenters. The molecule has 118 valence electrons. The summed E-state index contributed by atoms with van der Waals surface area (Å²) < 4.78 is 2.40. The Balaban J connectivity index is 2.15. The molecule has 4 heteroatoms. The van der Waals surface area contributed by atoms with Gasteiger partial charge in [0.1, 0.15) is 5.78 Å². The summed E-state index contributed by atoms with van der Waals surface area (Å²) in [6.07, 6.45) is 6.47. The summed E-state index contributed by atoms with van der Waals surface area (Å²) in [7, 11) is 0. The molecule has 0 N–H and O–H groups in total. The Morgan fingerprint density at radius 3 is 2.43 bits per heavy atom. The van der Waals surface area contributed by atoms with Crippen molar-refractivity contribution in [2.45, 2.75) is 77.9 Å². The SMILES string of the molecule is Cc1nc(SCC(=O)C(C)(C)C)n(C2CCCCC2)c1C. The van der Waals surface area contributed by atoms with Crippen LogP contribution in [-0.2, 0) is 4.79 Å². The number of aromatic nitrogens is 2. The number of hydrogen-bond acceptors (Lipinski definition) is 3. The van der Waals surface area contributed by atoms with Gasteiger partial charge in [0.05, 0.1) is 11.4 Å². The summed E-state index contributed by atoms with van der Waals surface area (Å²) in [4.78, 5) is 16.9. The number of nitrogens with zero attached hydrogens (tertiary/aromatic N) is 2. The van der Waals surface area contributed by atoms with E-state index in [2.05, 4.69) is 18.4 Å². The molecule has 1 aromatic heterocycles. The molecule has 0 spiro atoms. The zero-order valence-electron chi connectivity index (χ0n) is 14.0. The molecule has 0 radical (unpaired) electrons. The van der Waals surface area contributed by atoms with Crippen LogP contribution in [0.4, 0.5) is 0 Å². The van der Waals surface area contributed by atoms with Crippen LogP contribution in [0.25, 0.3) is 0 Å². The predicted octanol–water partition coefficient (Wildman–Crippen LogP) is 4.71. The number of carbonyl (C=O) groups excluding carboxylic acids is 1.